The molecule has 0 spiro atoms. The average molecular weight is 421 g/mol. The van der Waals surface area contributed by atoms with Gasteiger partial charge in [-0.3, -0.25) is 9.69 Å². The van der Waals surface area contributed by atoms with Crippen LogP contribution < -0.4 is 10.9 Å². The summed E-state index contributed by atoms with van der Waals surface area (Å²) in [6.07, 6.45) is 10.2. The predicted molar refractivity (Wildman–Crippen MR) is 127 cm³/mol. The zero-order valence-electron chi connectivity index (χ0n) is 18.5. The Bertz CT molecular complexity index is 971. The van der Waals surface area contributed by atoms with Crippen molar-refractivity contribution in [3.05, 3.63) is 92.8 Å². The minimum atomic E-state index is -0.337. The van der Waals surface area contributed by atoms with Gasteiger partial charge in [-0.15, -0.1) is 4.91 Å². The standard InChI is InChI=1S/C25H32N4O2/c1-3-8-20(4-2)18-28-14-12-23(13-15-28)26-17-22-11-16-29(25(30)24(22)27-31)19-21-9-6-5-7-10-21/h3-11,16,23,26H,12-15,17-19H2,1-2H3. The van der Waals surface area contributed by atoms with Crippen LogP contribution in [0.2, 0.25) is 0 Å². The highest BCUT2D eigenvalue weighted by atomic mass is 16.3. The number of likely N-dealkylation sites (tertiary alicyclic amines) is 1. The number of nitroso groups, excluding NO2 is 1. The fraction of sp³-hybridized carbons (Fsp3) is 0.400. The third-order valence-corrected chi connectivity index (χ3v) is 5.84. The van der Waals surface area contributed by atoms with Gasteiger partial charge in [0.15, 0.2) is 5.69 Å². The summed E-state index contributed by atoms with van der Waals surface area (Å²) in [7, 11) is 0. The monoisotopic (exact) mass is 420 g/mol. The molecule has 164 valence electrons. The summed E-state index contributed by atoms with van der Waals surface area (Å²) >= 11 is 0. The molecule has 0 saturated carbocycles. The van der Waals surface area contributed by atoms with Crippen molar-refractivity contribution in [1.82, 2.24) is 14.8 Å². The molecule has 3 rings (SSSR count). The Kier molecular flexibility index (Phi) is 8.50. The maximum atomic E-state index is 12.7. The summed E-state index contributed by atoms with van der Waals surface area (Å²) in [5.74, 6) is 0. The van der Waals surface area contributed by atoms with Crippen LogP contribution in [0.1, 0.15) is 37.8 Å². The Morgan fingerprint density at radius 3 is 2.55 bits per heavy atom. The number of piperidine rings is 1. The van der Waals surface area contributed by atoms with E-state index >= 15 is 0 Å². The van der Waals surface area contributed by atoms with E-state index in [-0.39, 0.29) is 11.2 Å². The van der Waals surface area contributed by atoms with Gasteiger partial charge in [0.2, 0.25) is 0 Å². The highest BCUT2D eigenvalue weighted by molar-refractivity contribution is 5.43. The Morgan fingerprint density at radius 2 is 1.90 bits per heavy atom. The van der Waals surface area contributed by atoms with Crippen LogP contribution in [0.4, 0.5) is 5.69 Å². The molecule has 2 heterocycles. The van der Waals surface area contributed by atoms with Crippen molar-refractivity contribution in [2.75, 3.05) is 19.6 Å². The molecule has 0 aliphatic carbocycles. The van der Waals surface area contributed by atoms with E-state index in [1.54, 1.807) is 6.20 Å². The molecule has 2 aromatic rings. The normalized spacial score (nSPS) is 16.1. The molecule has 1 aromatic heterocycles. The van der Waals surface area contributed by atoms with Crippen molar-refractivity contribution in [3.63, 3.8) is 0 Å². The number of rotatable bonds is 9. The summed E-state index contributed by atoms with van der Waals surface area (Å²) in [6.45, 7) is 8.07. The van der Waals surface area contributed by atoms with E-state index in [1.165, 1.54) is 10.1 Å². The van der Waals surface area contributed by atoms with Crippen molar-refractivity contribution < 1.29 is 0 Å². The van der Waals surface area contributed by atoms with Crippen molar-refractivity contribution >= 4 is 5.69 Å². The lowest BCUT2D eigenvalue weighted by Crippen LogP contribution is -2.42. The van der Waals surface area contributed by atoms with Crippen molar-refractivity contribution in [1.29, 1.82) is 0 Å². The Hall–Kier alpha value is -2.83. The minimum absolute atomic E-state index is 0.00689. The number of hydrogen-bond donors (Lipinski definition) is 1. The highest BCUT2D eigenvalue weighted by Gasteiger charge is 2.20. The molecule has 1 N–H and O–H groups in total. The summed E-state index contributed by atoms with van der Waals surface area (Å²) < 4.78 is 1.54. The first kappa shape index (κ1) is 22.8. The summed E-state index contributed by atoms with van der Waals surface area (Å²) in [4.78, 5) is 26.6. The van der Waals surface area contributed by atoms with Gasteiger partial charge >= 0.3 is 0 Å². The van der Waals surface area contributed by atoms with Crippen LogP contribution in [0, 0.1) is 4.91 Å². The van der Waals surface area contributed by atoms with Crippen molar-refractivity contribution in [2.45, 2.75) is 45.8 Å². The maximum absolute atomic E-state index is 12.7. The molecule has 0 atom stereocenters. The first-order valence-corrected chi connectivity index (χ1v) is 11.0. The molecule has 0 radical (unpaired) electrons. The molecule has 0 amide bonds. The molecule has 1 aromatic carbocycles. The minimum Gasteiger partial charge on any atom is -0.310 e. The van der Waals surface area contributed by atoms with Gasteiger partial charge in [-0.25, -0.2) is 0 Å². The van der Waals surface area contributed by atoms with Gasteiger partial charge < -0.3 is 9.88 Å². The van der Waals surface area contributed by atoms with Gasteiger partial charge in [-0.05, 0) is 62.2 Å². The van der Waals surface area contributed by atoms with Crippen LogP contribution in [-0.2, 0) is 13.1 Å². The second kappa shape index (κ2) is 11.5. The molecule has 1 saturated heterocycles. The third kappa shape index (κ3) is 6.32. The number of hydrogen-bond acceptors (Lipinski definition) is 5. The largest absolute Gasteiger partial charge is 0.310 e. The smallest absolute Gasteiger partial charge is 0.280 e. The van der Waals surface area contributed by atoms with E-state index in [9.17, 15) is 9.70 Å². The van der Waals surface area contributed by atoms with Crippen molar-refractivity contribution in [2.24, 2.45) is 5.18 Å². The van der Waals surface area contributed by atoms with Crippen molar-refractivity contribution in [3.8, 4) is 0 Å². The Morgan fingerprint density at radius 1 is 1.16 bits per heavy atom. The molecule has 1 aliphatic heterocycles. The molecule has 6 nitrogen and oxygen atoms in total. The number of allylic oxidation sites excluding steroid dienone is 2. The van der Waals surface area contributed by atoms with E-state index in [0.717, 1.165) is 38.0 Å². The van der Waals surface area contributed by atoms with Gasteiger partial charge in [0.25, 0.3) is 5.56 Å². The van der Waals surface area contributed by atoms with Gasteiger partial charge in [0.1, 0.15) is 0 Å². The zero-order valence-corrected chi connectivity index (χ0v) is 18.5. The fourth-order valence-electron chi connectivity index (χ4n) is 4.01. The van der Waals surface area contributed by atoms with Crippen LogP contribution in [0.3, 0.4) is 0 Å². The van der Waals surface area contributed by atoms with Crippen LogP contribution >= 0.6 is 0 Å². The number of pyridine rings is 1. The quantitative estimate of drug-likeness (QED) is 0.483. The number of aromatic nitrogens is 1. The van der Waals surface area contributed by atoms with Gasteiger partial charge in [-0.2, -0.15) is 0 Å². The van der Waals surface area contributed by atoms with Crippen LogP contribution in [-0.4, -0.2) is 35.1 Å². The first-order valence-electron chi connectivity index (χ1n) is 11.0. The number of nitrogens with zero attached hydrogens (tertiary/aromatic N) is 3. The molecule has 1 aliphatic rings. The summed E-state index contributed by atoms with van der Waals surface area (Å²) in [5.41, 5.74) is 2.68. The molecule has 0 unspecified atom stereocenters. The third-order valence-electron chi connectivity index (χ3n) is 5.84. The molecule has 31 heavy (non-hydrogen) atoms. The SMILES string of the molecule is CC=CC(=CC)CN1CCC(NCc2ccn(Cc3ccccc3)c(=O)c2N=O)CC1. The molecule has 6 heteroatoms. The molecule has 0 bridgehead atoms. The van der Waals surface area contributed by atoms with E-state index in [4.69, 9.17) is 0 Å². The molecular formula is C25H32N4O2. The Labute approximate surface area is 184 Å². The van der Waals surface area contributed by atoms with Gasteiger partial charge in [-0.1, -0.05) is 48.6 Å². The molecular weight excluding hydrogens is 388 g/mol. The topological polar surface area (TPSA) is 66.7 Å². The second-order valence-corrected chi connectivity index (χ2v) is 7.99. The second-order valence-electron chi connectivity index (χ2n) is 7.99. The number of benzene rings is 1. The van der Waals surface area contributed by atoms with E-state index in [2.05, 4.69) is 40.5 Å². The van der Waals surface area contributed by atoms with Crippen LogP contribution in [0.15, 0.2) is 76.4 Å². The average Bonchev–Trinajstić information content (AvgIpc) is 2.80. The van der Waals surface area contributed by atoms with Gasteiger partial charge in [0.05, 0.1) is 6.54 Å². The van der Waals surface area contributed by atoms with Crippen LogP contribution in [0.25, 0.3) is 0 Å². The lowest BCUT2D eigenvalue weighted by atomic mass is 10.0. The molecule has 1 fully saturated rings. The summed E-state index contributed by atoms with van der Waals surface area (Å²) in [5, 5.41) is 6.58. The lowest BCUT2D eigenvalue weighted by Gasteiger charge is -2.32. The van der Waals surface area contributed by atoms with E-state index in [1.807, 2.05) is 43.3 Å². The maximum Gasteiger partial charge on any atom is 0.280 e. The van der Waals surface area contributed by atoms with Gasteiger partial charge in [0, 0.05) is 30.9 Å². The van der Waals surface area contributed by atoms with Crippen LogP contribution in [0.5, 0.6) is 0 Å². The fourth-order valence-corrected chi connectivity index (χ4v) is 4.01. The Balaban J connectivity index is 1.57. The predicted octanol–water partition coefficient (Wildman–Crippen LogP) is 4.37. The lowest BCUT2D eigenvalue weighted by molar-refractivity contribution is 0.212. The van der Waals surface area contributed by atoms with E-state index in [0.29, 0.717) is 24.7 Å². The highest BCUT2D eigenvalue weighted by Crippen LogP contribution is 2.17. The number of nitrogens with one attached hydrogen (secondary N) is 1. The summed E-state index contributed by atoms with van der Waals surface area (Å²) in [6, 6.07) is 11.9. The van der Waals surface area contributed by atoms with E-state index < -0.39 is 0 Å². The first-order chi connectivity index (χ1) is 15.1. The zero-order chi connectivity index (χ0) is 22.1.